The van der Waals surface area contributed by atoms with Crippen LogP contribution in [0.25, 0.3) is 0 Å². The van der Waals surface area contributed by atoms with E-state index in [9.17, 15) is 13.2 Å². The summed E-state index contributed by atoms with van der Waals surface area (Å²) in [6.07, 6.45) is -0.452. The van der Waals surface area contributed by atoms with Gasteiger partial charge in [0.25, 0.3) is 0 Å². The van der Waals surface area contributed by atoms with Crippen LogP contribution in [-0.4, -0.2) is 23.0 Å². The Morgan fingerprint density at radius 3 is 2.71 bits per heavy atom. The third-order valence-electron chi connectivity index (χ3n) is 2.57. The van der Waals surface area contributed by atoms with Crippen LogP contribution in [-0.2, 0) is 6.54 Å². The molecule has 0 saturated carbocycles. The third-order valence-corrected chi connectivity index (χ3v) is 2.57. The molecule has 0 aliphatic carbocycles. The van der Waals surface area contributed by atoms with Crippen molar-refractivity contribution in [3.8, 4) is 0 Å². The van der Waals surface area contributed by atoms with E-state index in [4.69, 9.17) is 0 Å². The number of nitrogens with zero attached hydrogens (tertiary/aromatic N) is 2. The molecule has 1 rings (SSSR count). The second-order valence-electron chi connectivity index (χ2n) is 4.03. The van der Waals surface area contributed by atoms with E-state index in [1.165, 1.54) is 0 Å². The van der Waals surface area contributed by atoms with E-state index in [1.54, 1.807) is 24.1 Å². The molecule has 1 heterocycles. The molecule has 17 heavy (non-hydrogen) atoms. The van der Waals surface area contributed by atoms with Crippen LogP contribution in [0.1, 0.15) is 37.8 Å². The molecule has 1 N–H and O–H groups in total. The van der Waals surface area contributed by atoms with Crippen LogP contribution in [0.5, 0.6) is 0 Å². The monoisotopic (exact) mass is 249 g/mol. The summed E-state index contributed by atoms with van der Waals surface area (Å²) in [4.78, 5) is 0. The molecular formula is C11H18F3N3. The van der Waals surface area contributed by atoms with Gasteiger partial charge in [0.05, 0.1) is 6.20 Å². The Morgan fingerprint density at radius 2 is 2.18 bits per heavy atom. The minimum Gasteiger partial charge on any atom is -0.313 e. The lowest BCUT2D eigenvalue weighted by atomic mass is 10.1. The molecule has 0 amide bonds. The van der Waals surface area contributed by atoms with Gasteiger partial charge < -0.3 is 5.32 Å². The van der Waals surface area contributed by atoms with Gasteiger partial charge in [0, 0.05) is 30.8 Å². The van der Waals surface area contributed by atoms with E-state index < -0.39 is 12.6 Å². The lowest BCUT2D eigenvalue weighted by molar-refractivity contribution is -0.136. The number of nitrogens with one attached hydrogen (secondary N) is 1. The molecule has 1 atom stereocenters. The van der Waals surface area contributed by atoms with Gasteiger partial charge in [-0.1, -0.05) is 6.92 Å². The second kappa shape index (κ2) is 6.05. The van der Waals surface area contributed by atoms with Crippen molar-refractivity contribution in [2.24, 2.45) is 0 Å². The Morgan fingerprint density at radius 1 is 1.47 bits per heavy atom. The van der Waals surface area contributed by atoms with Crippen LogP contribution >= 0.6 is 0 Å². The predicted molar refractivity (Wildman–Crippen MR) is 59.6 cm³/mol. The lowest BCUT2D eigenvalue weighted by Crippen LogP contribution is -2.19. The second-order valence-corrected chi connectivity index (χ2v) is 4.03. The highest BCUT2D eigenvalue weighted by molar-refractivity contribution is 5.10. The van der Waals surface area contributed by atoms with Gasteiger partial charge in [0.15, 0.2) is 0 Å². The molecule has 1 unspecified atom stereocenters. The van der Waals surface area contributed by atoms with Gasteiger partial charge in [-0.05, 0) is 19.9 Å². The van der Waals surface area contributed by atoms with E-state index in [-0.39, 0.29) is 12.5 Å². The summed E-state index contributed by atoms with van der Waals surface area (Å²) in [5.74, 6) is 0. The Hall–Kier alpha value is -1.04. The highest BCUT2D eigenvalue weighted by atomic mass is 19.4. The topological polar surface area (TPSA) is 29.9 Å². The van der Waals surface area contributed by atoms with Gasteiger partial charge in [0.1, 0.15) is 0 Å². The number of hydrogen-bond donors (Lipinski definition) is 1. The van der Waals surface area contributed by atoms with Crippen molar-refractivity contribution in [2.75, 3.05) is 7.05 Å². The largest absolute Gasteiger partial charge is 0.389 e. The van der Waals surface area contributed by atoms with E-state index in [0.717, 1.165) is 18.5 Å². The molecule has 6 heteroatoms. The molecule has 0 aliphatic rings. The molecule has 98 valence electrons. The summed E-state index contributed by atoms with van der Waals surface area (Å²) in [5, 5.41) is 7.01. The van der Waals surface area contributed by atoms with Crippen molar-refractivity contribution in [2.45, 2.75) is 44.9 Å². The zero-order valence-corrected chi connectivity index (χ0v) is 10.1. The fourth-order valence-electron chi connectivity index (χ4n) is 1.70. The molecule has 0 radical (unpaired) electrons. The molecule has 0 aromatic carbocycles. The number of alkyl halides is 3. The van der Waals surface area contributed by atoms with Crippen LogP contribution in [0.3, 0.4) is 0 Å². The standard InChI is InChI=1S/C11H18F3N3/c1-3-6-17-8-9(7-16-17)10(15-2)4-5-11(12,13)14/h7-8,10,15H,3-6H2,1-2H3. The zero-order chi connectivity index (χ0) is 12.9. The van der Waals surface area contributed by atoms with Crippen molar-refractivity contribution in [3.63, 3.8) is 0 Å². The number of aryl methyl sites for hydroxylation is 1. The third kappa shape index (κ3) is 4.77. The molecule has 0 saturated heterocycles. The lowest BCUT2D eigenvalue weighted by Gasteiger charge is -2.15. The molecule has 0 bridgehead atoms. The average molecular weight is 249 g/mol. The van der Waals surface area contributed by atoms with Crippen molar-refractivity contribution in [1.29, 1.82) is 0 Å². The van der Waals surface area contributed by atoms with Crippen LogP contribution in [0.15, 0.2) is 12.4 Å². The first kappa shape index (κ1) is 14.0. The highest BCUT2D eigenvalue weighted by Crippen LogP contribution is 2.27. The fourth-order valence-corrected chi connectivity index (χ4v) is 1.70. The van der Waals surface area contributed by atoms with E-state index in [0.29, 0.717) is 0 Å². The van der Waals surface area contributed by atoms with Gasteiger partial charge in [-0.3, -0.25) is 4.68 Å². The van der Waals surface area contributed by atoms with Gasteiger partial charge in [0.2, 0.25) is 0 Å². The van der Waals surface area contributed by atoms with E-state index in [1.807, 2.05) is 6.92 Å². The van der Waals surface area contributed by atoms with Crippen LogP contribution in [0.4, 0.5) is 13.2 Å². The maximum Gasteiger partial charge on any atom is 0.389 e. The Bertz CT molecular complexity index is 333. The summed E-state index contributed by atoms with van der Waals surface area (Å²) in [5.41, 5.74) is 0.810. The SMILES string of the molecule is CCCn1cc(C(CCC(F)(F)F)NC)cn1. The maximum absolute atomic E-state index is 12.1. The smallest absolute Gasteiger partial charge is 0.313 e. The molecule has 0 fully saturated rings. The van der Waals surface area contributed by atoms with Crippen molar-refractivity contribution >= 4 is 0 Å². The summed E-state index contributed by atoms with van der Waals surface area (Å²) in [7, 11) is 1.66. The Labute approximate surface area is 99.0 Å². The van der Waals surface area contributed by atoms with Crippen LogP contribution in [0, 0.1) is 0 Å². The predicted octanol–water partition coefficient (Wildman–Crippen LogP) is 2.90. The summed E-state index contributed by atoms with van der Waals surface area (Å²) < 4.78 is 38.2. The molecule has 3 nitrogen and oxygen atoms in total. The van der Waals surface area contributed by atoms with E-state index in [2.05, 4.69) is 10.4 Å². The van der Waals surface area contributed by atoms with Gasteiger partial charge in [-0.2, -0.15) is 18.3 Å². The number of hydrogen-bond acceptors (Lipinski definition) is 2. The number of halogens is 3. The van der Waals surface area contributed by atoms with Crippen molar-refractivity contribution in [1.82, 2.24) is 15.1 Å². The Kier molecular flexibility index (Phi) is 4.99. The molecule has 1 aromatic heterocycles. The zero-order valence-electron chi connectivity index (χ0n) is 10.1. The fraction of sp³-hybridized carbons (Fsp3) is 0.727. The van der Waals surface area contributed by atoms with Crippen molar-refractivity contribution < 1.29 is 13.2 Å². The summed E-state index contributed by atoms with van der Waals surface area (Å²) in [6.45, 7) is 2.82. The molecule has 0 spiro atoms. The van der Waals surface area contributed by atoms with E-state index >= 15 is 0 Å². The van der Waals surface area contributed by atoms with Crippen molar-refractivity contribution in [3.05, 3.63) is 18.0 Å². The maximum atomic E-state index is 12.1. The molecule has 0 aliphatic heterocycles. The van der Waals surface area contributed by atoms with Crippen LogP contribution < -0.4 is 5.32 Å². The quantitative estimate of drug-likeness (QED) is 0.840. The minimum atomic E-state index is -4.10. The minimum absolute atomic E-state index is 0.0395. The van der Waals surface area contributed by atoms with Gasteiger partial charge in [-0.15, -0.1) is 0 Å². The summed E-state index contributed by atoms with van der Waals surface area (Å²) >= 11 is 0. The normalized spacial score (nSPS) is 13.9. The summed E-state index contributed by atoms with van der Waals surface area (Å²) in [6, 6.07) is -0.290. The molecule has 1 aromatic rings. The van der Waals surface area contributed by atoms with Crippen LogP contribution in [0.2, 0.25) is 0 Å². The number of rotatable bonds is 6. The first-order valence-corrected chi connectivity index (χ1v) is 5.72. The first-order chi connectivity index (χ1) is 7.96. The Balaban J connectivity index is 2.59. The molecular weight excluding hydrogens is 231 g/mol. The van der Waals surface area contributed by atoms with Gasteiger partial charge in [-0.25, -0.2) is 0 Å². The highest BCUT2D eigenvalue weighted by Gasteiger charge is 2.28. The number of aromatic nitrogens is 2. The first-order valence-electron chi connectivity index (χ1n) is 5.72. The average Bonchev–Trinajstić information content (AvgIpc) is 2.66. The van der Waals surface area contributed by atoms with Gasteiger partial charge >= 0.3 is 6.18 Å².